The largest absolute Gasteiger partial charge is 0.330 e. The lowest BCUT2D eigenvalue weighted by Gasteiger charge is -2.31. The molecular weight excluding hydrogens is 260 g/mol. The molecule has 1 aromatic heterocycles. The zero-order valence-electron chi connectivity index (χ0n) is 11.2. The summed E-state index contributed by atoms with van der Waals surface area (Å²) in [7, 11) is 1.88. The van der Waals surface area contributed by atoms with Crippen molar-refractivity contribution in [3.05, 3.63) is 11.3 Å². The number of hydrogen-bond donors (Lipinski definition) is 1. The summed E-state index contributed by atoms with van der Waals surface area (Å²) in [6.07, 6.45) is 5.75. The molecule has 104 valence electrons. The Balaban J connectivity index is 1.84. The summed E-state index contributed by atoms with van der Waals surface area (Å²) in [5.41, 5.74) is 1.74. The third-order valence-electron chi connectivity index (χ3n) is 4.49. The zero-order valence-corrected chi connectivity index (χ0v) is 12.0. The van der Waals surface area contributed by atoms with Gasteiger partial charge in [-0.2, -0.15) is 4.37 Å². The highest BCUT2D eigenvalue weighted by atomic mass is 32.1. The topological polar surface area (TPSA) is 58.1 Å². The summed E-state index contributed by atoms with van der Waals surface area (Å²) in [6, 6.07) is 0.360. The maximum Gasteiger partial charge on any atom is 0.240 e. The molecule has 0 radical (unpaired) electrons. The van der Waals surface area contributed by atoms with Gasteiger partial charge < -0.3 is 10.2 Å². The van der Waals surface area contributed by atoms with E-state index >= 15 is 0 Å². The van der Waals surface area contributed by atoms with Crippen LogP contribution in [0.1, 0.15) is 37.9 Å². The Labute approximate surface area is 117 Å². The lowest BCUT2D eigenvalue weighted by Crippen LogP contribution is -2.47. The van der Waals surface area contributed by atoms with Gasteiger partial charge in [-0.1, -0.05) is 6.42 Å². The number of hydrogen-bond acceptors (Lipinski definition) is 5. The number of likely N-dealkylation sites (tertiary alicyclic amines) is 1. The molecule has 0 bridgehead atoms. The number of rotatable bonds is 3. The average Bonchev–Trinajstić information content (AvgIpc) is 3.05. The summed E-state index contributed by atoms with van der Waals surface area (Å²) < 4.78 is 4.26. The molecule has 1 amide bonds. The minimum Gasteiger partial charge on any atom is -0.330 e. The molecule has 2 aliphatic rings. The van der Waals surface area contributed by atoms with E-state index in [1.165, 1.54) is 24.4 Å². The van der Waals surface area contributed by atoms with Gasteiger partial charge in [0.2, 0.25) is 5.91 Å². The van der Waals surface area contributed by atoms with Crippen LogP contribution in [0.25, 0.3) is 0 Å². The minimum atomic E-state index is -0.0377. The molecule has 0 aromatic carbocycles. The first-order chi connectivity index (χ1) is 9.29. The van der Waals surface area contributed by atoms with Gasteiger partial charge in [0.05, 0.1) is 12.6 Å². The van der Waals surface area contributed by atoms with Gasteiger partial charge in [-0.3, -0.25) is 4.79 Å². The standard InChI is InChI=1S/C13H20N4OS/c1-14-10-6-5-9-3-2-4-11(9)17(13(10)18)7-12-15-8-19-16-12/h8-11,14H,2-7H2,1H3. The van der Waals surface area contributed by atoms with Gasteiger partial charge in [-0.25, -0.2) is 4.98 Å². The third-order valence-corrected chi connectivity index (χ3v) is 5.01. The first-order valence-electron chi connectivity index (χ1n) is 7.02. The Kier molecular flexibility index (Phi) is 3.79. The van der Waals surface area contributed by atoms with Crippen LogP contribution in [0.3, 0.4) is 0 Å². The Morgan fingerprint density at radius 3 is 3.05 bits per heavy atom. The van der Waals surface area contributed by atoms with Gasteiger partial charge in [0.15, 0.2) is 5.82 Å². The SMILES string of the molecule is CNC1CCC2CCCC2N(Cc2ncsn2)C1=O. The van der Waals surface area contributed by atoms with Gasteiger partial charge in [0, 0.05) is 6.04 Å². The normalized spacial score (nSPS) is 31.3. The summed E-state index contributed by atoms with van der Waals surface area (Å²) in [6.45, 7) is 0.571. The first kappa shape index (κ1) is 13.0. The fourth-order valence-electron chi connectivity index (χ4n) is 3.51. The Bertz CT molecular complexity index is 436. The van der Waals surface area contributed by atoms with Crippen LogP contribution < -0.4 is 5.32 Å². The highest BCUT2D eigenvalue weighted by Gasteiger charge is 2.40. The number of amides is 1. The third kappa shape index (κ3) is 2.51. The van der Waals surface area contributed by atoms with Gasteiger partial charge in [-0.15, -0.1) is 0 Å². The van der Waals surface area contributed by atoms with Crippen molar-refractivity contribution in [2.45, 2.75) is 50.7 Å². The number of nitrogens with zero attached hydrogens (tertiary/aromatic N) is 3. The molecule has 1 N–H and O–H groups in total. The zero-order chi connectivity index (χ0) is 13.2. The summed E-state index contributed by atoms with van der Waals surface area (Å²) in [5, 5.41) is 3.16. The number of nitrogens with one attached hydrogen (secondary N) is 1. The van der Waals surface area contributed by atoms with E-state index in [0.29, 0.717) is 18.5 Å². The van der Waals surface area contributed by atoms with Crippen molar-refractivity contribution in [2.24, 2.45) is 5.92 Å². The molecule has 1 aliphatic heterocycles. The molecule has 1 aromatic rings. The Hall–Kier alpha value is -1.01. The molecule has 1 saturated carbocycles. The number of carbonyl (C=O) groups excluding carboxylic acids is 1. The van der Waals surface area contributed by atoms with Crippen molar-refractivity contribution < 1.29 is 4.79 Å². The fourth-order valence-corrected chi connectivity index (χ4v) is 3.95. The number of carbonyl (C=O) groups is 1. The molecule has 1 aliphatic carbocycles. The smallest absolute Gasteiger partial charge is 0.240 e. The Morgan fingerprint density at radius 1 is 1.42 bits per heavy atom. The second-order valence-electron chi connectivity index (χ2n) is 5.49. The monoisotopic (exact) mass is 280 g/mol. The van der Waals surface area contributed by atoms with Crippen LogP contribution in [0.15, 0.2) is 5.51 Å². The predicted octanol–water partition coefficient (Wildman–Crippen LogP) is 1.42. The molecule has 2 fully saturated rings. The molecule has 2 heterocycles. The molecule has 6 heteroatoms. The van der Waals surface area contributed by atoms with Crippen molar-refractivity contribution >= 4 is 17.4 Å². The predicted molar refractivity (Wildman–Crippen MR) is 73.7 cm³/mol. The number of likely N-dealkylation sites (N-methyl/N-ethyl adjacent to an activating group) is 1. The van der Waals surface area contributed by atoms with Crippen LogP contribution in [-0.4, -0.2) is 39.3 Å². The average molecular weight is 280 g/mol. The summed E-state index contributed by atoms with van der Waals surface area (Å²) >= 11 is 1.35. The maximum absolute atomic E-state index is 12.7. The molecule has 3 unspecified atom stereocenters. The van der Waals surface area contributed by atoms with Crippen molar-refractivity contribution in [1.29, 1.82) is 0 Å². The van der Waals surface area contributed by atoms with Crippen molar-refractivity contribution in [2.75, 3.05) is 7.05 Å². The van der Waals surface area contributed by atoms with Gasteiger partial charge in [0.1, 0.15) is 5.51 Å². The van der Waals surface area contributed by atoms with Crippen molar-refractivity contribution in [3.63, 3.8) is 0 Å². The van der Waals surface area contributed by atoms with E-state index in [1.54, 1.807) is 5.51 Å². The van der Waals surface area contributed by atoms with Gasteiger partial charge >= 0.3 is 0 Å². The molecular formula is C13H20N4OS. The van der Waals surface area contributed by atoms with Crippen LogP contribution in [0.4, 0.5) is 0 Å². The van der Waals surface area contributed by atoms with Crippen LogP contribution >= 0.6 is 11.5 Å². The molecule has 19 heavy (non-hydrogen) atoms. The van der Waals surface area contributed by atoms with Crippen molar-refractivity contribution in [1.82, 2.24) is 19.6 Å². The molecule has 5 nitrogen and oxygen atoms in total. The van der Waals surface area contributed by atoms with E-state index in [2.05, 4.69) is 14.7 Å². The lowest BCUT2D eigenvalue weighted by atomic mass is 9.97. The summed E-state index contributed by atoms with van der Waals surface area (Å²) in [5.74, 6) is 1.67. The maximum atomic E-state index is 12.7. The molecule has 3 atom stereocenters. The van der Waals surface area contributed by atoms with Gasteiger partial charge in [-0.05, 0) is 50.2 Å². The summed E-state index contributed by atoms with van der Waals surface area (Å²) in [4.78, 5) is 18.9. The van der Waals surface area contributed by atoms with E-state index in [-0.39, 0.29) is 11.9 Å². The lowest BCUT2D eigenvalue weighted by molar-refractivity contribution is -0.136. The second kappa shape index (κ2) is 5.54. The molecule has 3 rings (SSSR count). The van der Waals surface area contributed by atoms with Crippen LogP contribution in [0.2, 0.25) is 0 Å². The number of aromatic nitrogens is 2. The Morgan fingerprint density at radius 2 is 2.32 bits per heavy atom. The highest BCUT2D eigenvalue weighted by molar-refractivity contribution is 7.03. The van der Waals surface area contributed by atoms with E-state index in [9.17, 15) is 4.79 Å². The van der Waals surface area contributed by atoms with E-state index in [1.807, 2.05) is 11.9 Å². The minimum absolute atomic E-state index is 0.0377. The number of fused-ring (bicyclic) bond motifs is 1. The van der Waals surface area contributed by atoms with Crippen molar-refractivity contribution in [3.8, 4) is 0 Å². The fraction of sp³-hybridized carbons (Fsp3) is 0.769. The van der Waals surface area contributed by atoms with Gasteiger partial charge in [0.25, 0.3) is 0 Å². The molecule has 1 saturated heterocycles. The van der Waals surface area contributed by atoms with E-state index in [0.717, 1.165) is 25.1 Å². The van der Waals surface area contributed by atoms with Crippen LogP contribution in [-0.2, 0) is 11.3 Å². The first-order valence-corrected chi connectivity index (χ1v) is 7.86. The second-order valence-corrected chi connectivity index (χ2v) is 6.09. The van der Waals surface area contributed by atoms with E-state index < -0.39 is 0 Å². The molecule has 0 spiro atoms. The van der Waals surface area contributed by atoms with Crippen LogP contribution in [0.5, 0.6) is 0 Å². The van der Waals surface area contributed by atoms with Crippen LogP contribution in [0, 0.1) is 5.92 Å². The quantitative estimate of drug-likeness (QED) is 0.909. The highest BCUT2D eigenvalue weighted by Crippen LogP contribution is 2.37. The van der Waals surface area contributed by atoms with E-state index in [4.69, 9.17) is 0 Å².